The molecule has 1 aromatic carbocycles. The molecule has 34 heavy (non-hydrogen) atoms. The van der Waals surface area contributed by atoms with Gasteiger partial charge in [0.15, 0.2) is 0 Å². The fourth-order valence-corrected chi connectivity index (χ4v) is 7.23. The van der Waals surface area contributed by atoms with Crippen LogP contribution >= 0.6 is 23.4 Å². The third kappa shape index (κ3) is 5.59. The summed E-state index contributed by atoms with van der Waals surface area (Å²) in [5.41, 5.74) is 1.86. The Kier molecular flexibility index (Phi) is 8.04. The van der Waals surface area contributed by atoms with Gasteiger partial charge in [0.25, 0.3) is 0 Å². The SMILES string of the molecule is CCCN1CCC2(CC1)CCN(CCCCCN1c3cc(Cl)ccc3Sc3cccnc31)CC2. The molecule has 1 aromatic heterocycles. The first-order chi connectivity index (χ1) is 16.7. The maximum Gasteiger partial charge on any atom is 0.147 e. The number of nitrogens with zero attached hydrogens (tertiary/aromatic N) is 4. The van der Waals surface area contributed by atoms with Crippen molar-refractivity contribution >= 4 is 34.9 Å². The number of halogens is 1. The van der Waals surface area contributed by atoms with Gasteiger partial charge in [0, 0.05) is 22.7 Å². The van der Waals surface area contributed by atoms with Crippen LogP contribution in [0.15, 0.2) is 46.3 Å². The Hall–Kier alpha value is -1.27. The zero-order chi connectivity index (χ0) is 23.4. The molecule has 0 saturated carbocycles. The first-order valence-corrected chi connectivity index (χ1v) is 14.5. The second kappa shape index (κ2) is 11.2. The van der Waals surface area contributed by atoms with E-state index in [1.54, 1.807) is 11.8 Å². The summed E-state index contributed by atoms with van der Waals surface area (Å²) in [6.45, 7) is 11.1. The molecule has 0 amide bonds. The maximum atomic E-state index is 6.35. The Labute approximate surface area is 215 Å². The van der Waals surface area contributed by atoms with Gasteiger partial charge in [-0.1, -0.05) is 36.7 Å². The van der Waals surface area contributed by atoms with Crippen molar-refractivity contribution < 1.29 is 0 Å². The van der Waals surface area contributed by atoms with Crippen molar-refractivity contribution in [1.29, 1.82) is 0 Å². The van der Waals surface area contributed by atoms with Crippen LogP contribution in [-0.2, 0) is 0 Å². The number of rotatable bonds is 8. The average molecular weight is 499 g/mol. The van der Waals surface area contributed by atoms with Gasteiger partial charge in [-0.05, 0) is 120 Å². The van der Waals surface area contributed by atoms with Crippen molar-refractivity contribution in [3.05, 3.63) is 41.6 Å². The summed E-state index contributed by atoms with van der Waals surface area (Å²) in [6, 6.07) is 10.4. The molecule has 2 saturated heterocycles. The zero-order valence-electron chi connectivity index (χ0n) is 20.6. The zero-order valence-corrected chi connectivity index (χ0v) is 22.2. The van der Waals surface area contributed by atoms with Crippen LogP contribution in [0, 0.1) is 5.41 Å². The number of benzene rings is 1. The molecule has 0 N–H and O–H groups in total. The molecule has 184 valence electrons. The van der Waals surface area contributed by atoms with Crippen molar-refractivity contribution in [3.63, 3.8) is 0 Å². The third-order valence-electron chi connectivity index (χ3n) is 8.17. The smallest absolute Gasteiger partial charge is 0.147 e. The van der Waals surface area contributed by atoms with Crippen molar-refractivity contribution in [2.75, 3.05) is 50.7 Å². The van der Waals surface area contributed by atoms with Crippen LogP contribution in [0.1, 0.15) is 58.3 Å². The molecule has 0 aliphatic carbocycles. The van der Waals surface area contributed by atoms with E-state index in [4.69, 9.17) is 16.6 Å². The van der Waals surface area contributed by atoms with E-state index in [0.29, 0.717) is 5.41 Å². The second-order valence-electron chi connectivity index (χ2n) is 10.4. The van der Waals surface area contributed by atoms with Gasteiger partial charge in [0.2, 0.25) is 0 Å². The largest absolute Gasteiger partial charge is 0.324 e. The lowest BCUT2D eigenvalue weighted by Gasteiger charge is -2.47. The fraction of sp³-hybridized carbons (Fsp3) is 0.607. The highest BCUT2D eigenvalue weighted by molar-refractivity contribution is 7.99. The van der Waals surface area contributed by atoms with Crippen molar-refractivity contribution in [2.24, 2.45) is 5.41 Å². The summed E-state index contributed by atoms with van der Waals surface area (Å²) in [5.74, 6) is 1.08. The van der Waals surface area contributed by atoms with Crippen molar-refractivity contribution in [2.45, 2.75) is 68.1 Å². The summed E-state index contributed by atoms with van der Waals surface area (Å²) in [6.07, 6.45) is 12.6. The molecule has 4 heterocycles. The Balaban J connectivity index is 1.07. The summed E-state index contributed by atoms with van der Waals surface area (Å²) in [5, 5.41) is 0.794. The first kappa shape index (κ1) is 24.4. The molecule has 3 aliphatic heterocycles. The Morgan fingerprint density at radius 1 is 0.882 bits per heavy atom. The molecule has 1 spiro atoms. The first-order valence-electron chi connectivity index (χ1n) is 13.3. The van der Waals surface area contributed by atoms with E-state index in [9.17, 15) is 0 Å². The van der Waals surface area contributed by atoms with E-state index in [2.05, 4.69) is 39.8 Å². The van der Waals surface area contributed by atoms with Gasteiger partial charge in [-0.3, -0.25) is 0 Å². The van der Waals surface area contributed by atoms with Crippen molar-refractivity contribution in [3.8, 4) is 0 Å². The lowest BCUT2D eigenvalue weighted by molar-refractivity contribution is 0.0345. The predicted molar refractivity (Wildman–Crippen MR) is 145 cm³/mol. The van der Waals surface area contributed by atoms with E-state index in [0.717, 1.165) is 17.4 Å². The standard InChI is InChI=1S/C28H39ClN4S/c1-2-15-31-18-10-28(11-19-31)12-20-32(21-13-28)16-4-3-5-17-33-24-22-23(29)8-9-25(24)34-26-7-6-14-30-27(26)33/h6-9,14,22H,2-5,10-13,15-21H2,1H3. The Bertz CT molecular complexity index is 949. The van der Waals surface area contributed by atoms with E-state index < -0.39 is 0 Å². The van der Waals surface area contributed by atoms with Crippen LogP contribution in [0.5, 0.6) is 0 Å². The van der Waals surface area contributed by atoms with Gasteiger partial charge in [-0.25, -0.2) is 4.98 Å². The van der Waals surface area contributed by atoms with Gasteiger partial charge >= 0.3 is 0 Å². The van der Waals surface area contributed by atoms with Crippen LogP contribution < -0.4 is 4.90 Å². The summed E-state index contributed by atoms with van der Waals surface area (Å²) >= 11 is 8.15. The molecule has 0 radical (unpaired) electrons. The number of likely N-dealkylation sites (tertiary alicyclic amines) is 2. The van der Waals surface area contributed by atoms with Crippen LogP contribution in [0.3, 0.4) is 0 Å². The molecule has 4 nitrogen and oxygen atoms in total. The molecular weight excluding hydrogens is 460 g/mol. The summed E-state index contributed by atoms with van der Waals surface area (Å²) in [4.78, 5) is 15.0. The van der Waals surface area contributed by atoms with Gasteiger partial charge in [-0.2, -0.15) is 0 Å². The number of hydrogen-bond donors (Lipinski definition) is 0. The molecule has 0 unspecified atom stereocenters. The molecule has 0 bridgehead atoms. The molecule has 3 aliphatic rings. The highest BCUT2D eigenvalue weighted by Crippen LogP contribution is 2.48. The number of pyridine rings is 1. The maximum absolute atomic E-state index is 6.35. The fourth-order valence-electron chi connectivity index (χ4n) is 6.01. The second-order valence-corrected chi connectivity index (χ2v) is 12.0. The minimum Gasteiger partial charge on any atom is -0.324 e. The molecule has 5 rings (SSSR count). The Morgan fingerprint density at radius 2 is 1.59 bits per heavy atom. The highest BCUT2D eigenvalue weighted by atomic mass is 35.5. The van der Waals surface area contributed by atoms with E-state index in [1.165, 1.54) is 106 Å². The lowest BCUT2D eigenvalue weighted by atomic mass is 9.71. The van der Waals surface area contributed by atoms with Crippen LogP contribution in [0.25, 0.3) is 0 Å². The quantitative estimate of drug-likeness (QED) is 0.361. The average Bonchev–Trinajstić information content (AvgIpc) is 2.86. The lowest BCUT2D eigenvalue weighted by Crippen LogP contribution is -2.47. The minimum absolute atomic E-state index is 0.655. The predicted octanol–water partition coefficient (Wildman–Crippen LogP) is 7.10. The van der Waals surface area contributed by atoms with Gasteiger partial charge in [-0.15, -0.1) is 0 Å². The number of fused-ring (bicyclic) bond motifs is 2. The number of aromatic nitrogens is 1. The van der Waals surface area contributed by atoms with Gasteiger partial charge < -0.3 is 14.7 Å². The van der Waals surface area contributed by atoms with E-state index in [1.807, 2.05) is 18.3 Å². The third-order valence-corrected chi connectivity index (χ3v) is 9.51. The molecule has 6 heteroatoms. The van der Waals surface area contributed by atoms with Crippen molar-refractivity contribution in [1.82, 2.24) is 14.8 Å². The van der Waals surface area contributed by atoms with Crippen LogP contribution in [0.2, 0.25) is 5.02 Å². The van der Waals surface area contributed by atoms with Crippen LogP contribution in [-0.4, -0.2) is 60.6 Å². The van der Waals surface area contributed by atoms with E-state index >= 15 is 0 Å². The molecule has 2 fully saturated rings. The Morgan fingerprint density at radius 3 is 2.32 bits per heavy atom. The normalized spacial score (nSPS) is 20.4. The van der Waals surface area contributed by atoms with Crippen LogP contribution in [0.4, 0.5) is 11.5 Å². The van der Waals surface area contributed by atoms with Gasteiger partial charge in [0.1, 0.15) is 5.82 Å². The summed E-state index contributed by atoms with van der Waals surface area (Å²) in [7, 11) is 0. The van der Waals surface area contributed by atoms with Gasteiger partial charge in [0.05, 0.1) is 10.6 Å². The highest BCUT2D eigenvalue weighted by Gasteiger charge is 2.37. The number of anilines is 2. The number of piperidine rings is 2. The molecular formula is C28H39ClN4S. The monoisotopic (exact) mass is 498 g/mol. The number of hydrogen-bond acceptors (Lipinski definition) is 5. The minimum atomic E-state index is 0.655. The molecule has 0 atom stereocenters. The van der Waals surface area contributed by atoms with E-state index in [-0.39, 0.29) is 0 Å². The molecule has 2 aromatic rings. The number of unbranched alkanes of at least 4 members (excludes halogenated alkanes) is 2. The summed E-state index contributed by atoms with van der Waals surface area (Å²) < 4.78 is 0. The topological polar surface area (TPSA) is 22.6 Å².